The molecule has 0 radical (unpaired) electrons. The van der Waals surface area contributed by atoms with Crippen LogP contribution in [0.1, 0.15) is 0 Å². The summed E-state index contributed by atoms with van der Waals surface area (Å²) in [7, 11) is 0. The predicted octanol–water partition coefficient (Wildman–Crippen LogP) is 1.77. The van der Waals surface area contributed by atoms with Crippen molar-refractivity contribution >= 4 is 22.8 Å². The molecule has 0 spiro atoms. The number of H-pyrrole nitrogens is 1. The SMILES string of the molecule is C#CCl.c1cnc2nc[nH]c2c1. The summed E-state index contributed by atoms with van der Waals surface area (Å²) in [6.45, 7) is 0. The minimum absolute atomic E-state index is 0.775. The van der Waals surface area contributed by atoms with E-state index in [1.807, 2.05) is 12.1 Å². The van der Waals surface area contributed by atoms with Crippen molar-refractivity contribution in [1.29, 1.82) is 0 Å². The Morgan fingerprint density at radius 1 is 1.50 bits per heavy atom. The van der Waals surface area contributed by atoms with Gasteiger partial charge in [-0.3, -0.25) is 0 Å². The van der Waals surface area contributed by atoms with Crippen LogP contribution in [0.2, 0.25) is 0 Å². The monoisotopic (exact) mass is 179 g/mol. The van der Waals surface area contributed by atoms with Crippen molar-refractivity contribution in [2.75, 3.05) is 0 Å². The van der Waals surface area contributed by atoms with Crippen molar-refractivity contribution in [3.63, 3.8) is 0 Å². The molecule has 0 saturated heterocycles. The molecule has 0 aliphatic heterocycles. The van der Waals surface area contributed by atoms with Crippen molar-refractivity contribution in [3.05, 3.63) is 24.7 Å². The molecule has 2 aromatic rings. The number of rotatable bonds is 0. The first kappa shape index (κ1) is 8.57. The summed E-state index contributed by atoms with van der Waals surface area (Å²) >= 11 is 4.53. The third-order valence-electron chi connectivity index (χ3n) is 1.19. The van der Waals surface area contributed by atoms with E-state index in [0.717, 1.165) is 11.2 Å². The number of hydrogen-bond acceptors (Lipinski definition) is 2. The third-order valence-corrected chi connectivity index (χ3v) is 1.19. The van der Waals surface area contributed by atoms with E-state index in [9.17, 15) is 0 Å². The number of fused-ring (bicyclic) bond motifs is 1. The zero-order valence-corrected chi connectivity index (χ0v) is 6.92. The molecular weight excluding hydrogens is 174 g/mol. The van der Waals surface area contributed by atoms with Gasteiger partial charge in [-0.05, 0) is 23.7 Å². The van der Waals surface area contributed by atoms with Crippen LogP contribution in [-0.4, -0.2) is 15.0 Å². The first-order valence-electron chi connectivity index (χ1n) is 3.19. The number of hydrogen-bond donors (Lipinski definition) is 1. The number of aromatic amines is 1. The van der Waals surface area contributed by atoms with Gasteiger partial charge in [0.25, 0.3) is 0 Å². The highest BCUT2D eigenvalue weighted by atomic mass is 35.5. The van der Waals surface area contributed by atoms with Crippen molar-refractivity contribution < 1.29 is 0 Å². The Labute approximate surface area is 74.8 Å². The number of imidazole rings is 1. The fraction of sp³-hybridized carbons (Fsp3) is 0. The second-order valence-corrected chi connectivity index (χ2v) is 2.10. The quantitative estimate of drug-likeness (QED) is 0.627. The molecule has 1 N–H and O–H groups in total. The fourth-order valence-electron chi connectivity index (χ4n) is 0.775. The number of pyridine rings is 1. The summed E-state index contributed by atoms with van der Waals surface area (Å²) in [4.78, 5) is 10.9. The van der Waals surface area contributed by atoms with Gasteiger partial charge in [-0.1, -0.05) is 0 Å². The lowest BCUT2D eigenvalue weighted by molar-refractivity contribution is 1.30. The van der Waals surface area contributed by atoms with Crippen LogP contribution in [0.4, 0.5) is 0 Å². The highest BCUT2D eigenvalue weighted by Gasteiger charge is 1.90. The van der Waals surface area contributed by atoms with Crippen LogP contribution in [-0.2, 0) is 0 Å². The number of aromatic nitrogens is 3. The largest absolute Gasteiger partial charge is 0.343 e. The van der Waals surface area contributed by atoms with Gasteiger partial charge in [0.1, 0.15) is 0 Å². The maximum absolute atomic E-state index is 4.53. The first-order valence-corrected chi connectivity index (χ1v) is 3.56. The summed E-state index contributed by atoms with van der Waals surface area (Å²) in [5.74, 6) is 0. The predicted molar refractivity (Wildman–Crippen MR) is 48.6 cm³/mol. The normalized spacial score (nSPS) is 8.33. The summed E-state index contributed by atoms with van der Waals surface area (Å²) in [6, 6.07) is 3.82. The second-order valence-electron chi connectivity index (χ2n) is 1.89. The molecule has 2 rings (SSSR count). The highest BCUT2D eigenvalue weighted by Crippen LogP contribution is 2.01. The van der Waals surface area contributed by atoms with E-state index >= 15 is 0 Å². The molecule has 2 aromatic heterocycles. The Bertz CT molecular complexity index is 358. The molecule has 3 nitrogen and oxygen atoms in total. The third kappa shape index (κ3) is 1.97. The Kier molecular flexibility index (Phi) is 3.12. The van der Waals surface area contributed by atoms with Gasteiger partial charge >= 0.3 is 0 Å². The van der Waals surface area contributed by atoms with Gasteiger partial charge in [0, 0.05) is 11.6 Å². The lowest BCUT2D eigenvalue weighted by atomic mass is 10.4. The number of halogens is 1. The number of nitrogens with zero attached hydrogens (tertiary/aromatic N) is 2. The van der Waals surface area contributed by atoms with Gasteiger partial charge in [-0.15, -0.1) is 6.42 Å². The lowest BCUT2D eigenvalue weighted by Gasteiger charge is -1.80. The Balaban J connectivity index is 0.000000213. The maximum atomic E-state index is 4.53. The standard InChI is InChI=1S/C6H5N3.C2HCl/c1-2-5-6(7-3-1)9-4-8-5;1-2-3/h1-4H,(H,7,8,9);1H. The summed E-state index contributed by atoms with van der Waals surface area (Å²) in [5, 5.41) is 1.72. The first-order chi connectivity index (χ1) is 5.88. The summed E-state index contributed by atoms with van der Waals surface area (Å²) in [5.41, 5.74) is 1.76. The molecule has 0 atom stereocenters. The fourth-order valence-corrected chi connectivity index (χ4v) is 0.775. The zero-order valence-electron chi connectivity index (χ0n) is 6.16. The van der Waals surface area contributed by atoms with Crippen LogP contribution in [0.3, 0.4) is 0 Å². The van der Waals surface area contributed by atoms with Crippen LogP contribution in [0.15, 0.2) is 24.7 Å². The van der Waals surface area contributed by atoms with Crippen LogP contribution in [0, 0.1) is 11.8 Å². The molecule has 0 aromatic carbocycles. The average Bonchev–Trinajstić information content (AvgIpc) is 2.52. The van der Waals surface area contributed by atoms with Crippen LogP contribution in [0.25, 0.3) is 11.2 Å². The van der Waals surface area contributed by atoms with E-state index in [1.54, 1.807) is 17.9 Å². The molecule has 60 valence electrons. The Morgan fingerprint density at radius 2 is 2.25 bits per heavy atom. The van der Waals surface area contributed by atoms with Crippen molar-refractivity contribution in [3.8, 4) is 11.8 Å². The lowest BCUT2D eigenvalue weighted by Crippen LogP contribution is -1.71. The molecule has 0 bridgehead atoms. The number of nitrogens with one attached hydrogen (secondary N) is 1. The minimum atomic E-state index is 0.775. The van der Waals surface area contributed by atoms with E-state index in [1.165, 1.54) is 0 Å². The van der Waals surface area contributed by atoms with Crippen LogP contribution >= 0.6 is 11.6 Å². The smallest absolute Gasteiger partial charge is 0.177 e. The van der Waals surface area contributed by atoms with E-state index in [0.29, 0.717) is 0 Å². The summed E-state index contributed by atoms with van der Waals surface area (Å²) in [6.07, 6.45) is 7.72. The molecule has 0 aliphatic rings. The van der Waals surface area contributed by atoms with Gasteiger partial charge < -0.3 is 4.98 Å². The Hall–Kier alpha value is -1.53. The van der Waals surface area contributed by atoms with Crippen LogP contribution < -0.4 is 0 Å². The molecule has 12 heavy (non-hydrogen) atoms. The van der Waals surface area contributed by atoms with E-state index < -0.39 is 0 Å². The second kappa shape index (κ2) is 4.37. The molecule has 0 unspecified atom stereocenters. The molecule has 0 saturated carbocycles. The van der Waals surface area contributed by atoms with Gasteiger partial charge in [0.05, 0.1) is 11.8 Å². The van der Waals surface area contributed by atoms with Gasteiger partial charge in [0.2, 0.25) is 0 Å². The van der Waals surface area contributed by atoms with Gasteiger partial charge in [-0.2, -0.15) is 0 Å². The average molecular weight is 180 g/mol. The summed E-state index contributed by atoms with van der Waals surface area (Å²) < 4.78 is 0. The topological polar surface area (TPSA) is 41.6 Å². The van der Waals surface area contributed by atoms with Crippen molar-refractivity contribution in [1.82, 2.24) is 15.0 Å². The zero-order chi connectivity index (χ0) is 8.81. The molecule has 0 fully saturated rings. The molecule has 2 heterocycles. The van der Waals surface area contributed by atoms with E-state index in [2.05, 4.69) is 33.0 Å². The van der Waals surface area contributed by atoms with Crippen LogP contribution in [0.5, 0.6) is 0 Å². The molecule has 0 amide bonds. The van der Waals surface area contributed by atoms with Gasteiger partial charge in [-0.25, -0.2) is 9.97 Å². The molecule has 4 heteroatoms. The highest BCUT2D eigenvalue weighted by molar-refractivity contribution is 6.29. The Morgan fingerprint density at radius 3 is 2.92 bits per heavy atom. The minimum Gasteiger partial charge on any atom is -0.343 e. The molecule has 0 aliphatic carbocycles. The maximum Gasteiger partial charge on any atom is 0.177 e. The molecular formula is C8H6ClN3. The number of terminal acetylenes is 1. The van der Waals surface area contributed by atoms with Crippen molar-refractivity contribution in [2.45, 2.75) is 0 Å². The van der Waals surface area contributed by atoms with Gasteiger partial charge in [0.15, 0.2) is 5.65 Å². The van der Waals surface area contributed by atoms with E-state index in [4.69, 9.17) is 0 Å². The van der Waals surface area contributed by atoms with Crippen molar-refractivity contribution in [2.24, 2.45) is 0 Å². The van der Waals surface area contributed by atoms with E-state index in [-0.39, 0.29) is 0 Å².